The average Bonchev–Trinajstić information content (AvgIpc) is 2.76. The van der Waals surface area contributed by atoms with E-state index in [2.05, 4.69) is 47.1 Å². The largest absolute Gasteiger partial charge is 0.460 e. The lowest BCUT2D eigenvalue weighted by molar-refractivity contribution is -0.157. The summed E-state index contributed by atoms with van der Waals surface area (Å²) in [6, 6.07) is 5.91. The van der Waals surface area contributed by atoms with Crippen molar-refractivity contribution >= 4 is 23.8 Å². The van der Waals surface area contributed by atoms with Crippen LogP contribution in [0.25, 0.3) is 0 Å². The van der Waals surface area contributed by atoms with E-state index < -0.39 is 41.3 Å². The molecule has 0 fully saturated rings. The van der Waals surface area contributed by atoms with Crippen LogP contribution in [0.4, 0.5) is 4.79 Å². The van der Waals surface area contributed by atoms with Crippen LogP contribution in [0.3, 0.4) is 0 Å². The topological polar surface area (TPSA) is 123 Å². The predicted octanol–water partition coefficient (Wildman–Crippen LogP) is 4.34. The Bertz CT molecular complexity index is 916. The van der Waals surface area contributed by atoms with Crippen molar-refractivity contribution in [2.24, 2.45) is 0 Å². The number of carbonyl (C=O) groups excluding carboxylic acids is 4. The number of carbonyl (C=O) groups is 4. The van der Waals surface area contributed by atoms with E-state index in [1.165, 1.54) is 18.1 Å². The standard InChI is InChI=1S/C29H47N3O6/c1-20-12-14-22(15-13-20)19-30-18-10-9-11-24(26(35)38-29(6,7)8)32-27(36)31-23(21(2)33)16-17-25(34)37-28(3,4)5/h12-15,23-24,30H,9-11,16-19H2,1-8H3,(H2,31,32,36). The Morgan fingerprint density at radius 2 is 1.39 bits per heavy atom. The summed E-state index contributed by atoms with van der Waals surface area (Å²) in [5, 5.41) is 8.64. The summed E-state index contributed by atoms with van der Waals surface area (Å²) < 4.78 is 10.8. The maximum absolute atomic E-state index is 12.8. The maximum atomic E-state index is 12.8. The van der Waals surface area contributed by atoms with Crippen molar-refractivity contribution in [2.45, 2.75) is 117 Å². The first-order chi connectivity index (χ1) is 17.6. The minimum atomic E-state index is -0.882. The molecule has 3 N–H and O–H groups in total. The van der Waals surface area contributed by atoms with E-state index in [0.717, 1.165) is 19.5 Å². The molecule has 0 saturated heterocycles. The molecule has 2 atom stereocenters. The number of hydrogen-bond donors (Lipinski definition) is 3. The molecule has 2 amide bonds. The highest BCUT2D eigenvalue weighted by Gasteiger charge is 2.28. The summed E-state index contributed by atoms with van der Waals surface area (Å²) in [5.74, 6) is -1.28. The SMILES string of the molecule is CC(=O)C(CCC(=O)OC(C)(C)C)NC(=O)NC(CCCCNCc1ccc(C)cc1)C(=O)OC(C)(C)C. The Hall–Kier alpha value is -2.94. The van der Waals surface area contributed by atoms with Crippen molar-refractivity contribution in [3.8, 4) is 0 Å². The van der Waals surface area contributed by atoms with Gasteiger partial charge in [0.1, 0.15) is 17.2 Å². The third-order valence-corrected chi connectivity index (χ3v) is 5.40. The second-order valence-corrected chi connectivity index (χ2v) is 11.7. The summed E-state index contributed by atoms with van der Waals surface area (Å²) in [6.07, 6.45) is 1.95. The monoisotopic (exact) mass is 533 g/mol. The van der Waals surface area contributed by atoms with Gasteiger partial charge in [0.2, 0.25) is 0 Å². The van der Waals surface area contributed by atoms with Crippen LogP contribution in [0.2, 0.25) is 0 Å². The molecule has 1 rings (SSSR count). The van der Waals surface area contributed by atoms with E-state index in [4.69, 9.17) is 9.47 Å². The first kappa shape index (κ1) is 33.1. The van der Waals surface area contributed by atoms with Crippen LogP contribution in [0.15, 0.2) is 24.3 Å². The minimum absolute atomic E-state index is 0.0210. The molecular formula is C29H47N3O6. The van der Waals surface area contributed by atoms with Gasteiger partial charge in [-0.1, -0.05) is 29.8 Å². The van der Waals surface area contributed by atoms with Gasteiger partial charge in [0.15, 0.2) is 5.78 Å². The normalized spacial score (nSPS) is 13.3. The molecule has 9 heteroatoms. The quantitative estimate of drug-likeness (QED) is 0.240. The lowest BCUT2D eigenvalue weighted by Gasteiger charge is -2.25. The van der Waals surface area contributed by atoms with Gasteiger partial charge in [-0.3, -0.25) is 9.59 Å². The number of ketones is 1. The molecule has 1 aromatic rings. The number of unbranched alkanes of at least 4 members (excludes halogenated alkanes) is 1. The van der Waals surface area contributed by atoms with Crippen molar-refractivity contribution in [2.75, 3.05) is 6.54 Å². The Morgan fingerprint density at radius 1 is 0.816 bits per heavy atom. The van der Waals surface area contributed by atoms with Gasteiger partial charge in [-0.05, 0) is 93.2 Å². The van der Waals surface area contributed by atoms with Crippen molar-refractivity contribution in [1.82, 2.24) is 16.0 Å². The van der Waals surface area contributed by atoms with E-state index >= 15 is 0 Å². The predicted molar refractivity (Wildman–Crippen MR) is 148 cm³/mol. The highest BCUT2D eigenvalue weighted by atomic mass is 16.6. The van der Waals surface area contributed by atoms with Crippen LogP contribution in [0, 0.1) is 6.92 Å². The first-order valence-electron chi connectivity index (χ1n) is 13.3. The number of hydrogen-bond acceptors (Lipinski definition) is 7. The highest BCUT2D eigenvalue weighted by molar-refractivity contribution is 5.89. The number of ether oxygens (including phenoxy) is 2. The lowest BCUT2D eigenvalue weighted by atomic mass is 10.1. The first-order valence-corrected chi connectivity index (χ1v) is 13.3. The molecule has 1 aromatic carbocycles. The second kappa shape index (κ2) is 15.5. The lowest BCUT2D eigenvalue weighted by Crippen LogP contribution is -2.52. The Balaban J connectivity index is 2.62. The zero-order valence-electron chi connectivity index (χ0n) is 24.4. The van der Waals surface area contributed by atoms with Gasteiger partial charge in [-0.25, -0.2) is 9.59 Å². The fraction of sp³-hybridized carbons (Fsp3) is 0.655. The Kier molecular flexibility index (Phi) is 13.5. The average molecular weight is 534 g/mol. The summed E-state index contributed by atoms with van der Waals surface area (Å²) in [4.78, 5) is 49.6. The molecule has 0 aliphatic carbocycles. The third-order valence-electron chi connectivity index (χ3n) is 5.40. The van der Waals surface area contributed by atoms with E-state index in [1.54, 1.807) is 41.5 Å². The summed E-state index contributed by atoms with van der Waals surface area (Å²) >= 11 is 0. The number of urea groups is 1. The fourth-order valence-corrected chi connectivity index (χ4v) is 3.55. The minimum Gasteiger partial charge on any atom is -0.460 e. The maximum Gasteiger partial charge on any atom is 0.329 e. The fourth-order valence-electron chi connectivity index (χ4n) is 3.55. The van der Waals surface area contributed by atoms with Crippen LogP contribution < -0.4 is 16.0 Å². The molecule has 0 radical (unpaired) electrons. The van der Waals surface area contributed by atoms with Gasteiger partial charge in [-0.2, -0.15) is 0 Å². The van der Waals surface area contributed by atoms with Gasteiger partial charge in [0.25, 0.3) is 0 Å². The van der Waals surface area contributed by atoms with Gasteiger partial charge in [0.05, 0.1) is 6.04 Å². The Labute approximate surface area is 227 Å². The van der Waals surface area contributed by atoms with Crippen LogP contribution in [0.1, 0.15) is 91.7 Å². The van der Waals surface area contributed by atoms with Crippen molar-refractivity contribution in [3.05, 3.63) is 35.4 Å². The van der Waals surface area contributed by atoms with Gasteiger partial charge < -0.3 is 25.4 Å². The molecule has 0 aliphatic rings. The van der Waals surface area contributed by atoms with E-state index in [-0.39, 0.29) is 18.6 Å². The molecule has 38 heavy (non-hydrogen) atoms. The van der Waals surface area contributed by atoms with E-state index in [9.17, 15) is 19.2 Å². The third kappa shape index (κ3) is 15.3. The number of rotatable bonds is 14. The molecule has 0 aromatic heterocycles. The molecule has 0 saturated carbocycles. The smallest absolute Gasteiger partial charge is 0.329 e. The Morgan fingerprint density at radius 3 is 1.95 bits per heavy atom. The number of aryl methyl sites for hydroxylation is 1. The number of Topliss-reactive ketones (excluding diaryl/α,β-unsaturated/α-hetero) is 1. The van der Waals surface area contributed by atoms with Crippen LogP contribution in [0.5, 0.6) is 0 Å². The van der Waals surface area contributed by atoms with Crippen molar-refractivity contribution in [1.29, 1.82) is 0 Å². The zero-order chi connectivity index (χ0) is 28.9. The van der Waals surface area contributed by atoms with Crippen LogP contribution in [-0.2, 0) is 30.4 Å². The molecule has 0 heterocycles. The number of nitrogens with one attached hydrogen (secondary N) is 3. The van der Waals surface area contributed by atoms with Crippen molar-refractivity contribution < 1.29 is 28.7 Å². The number of esters is 2. The molecule has 0 spiro atoms. The molecular weight excluding hydrogens is 486 g/mol. The molecule has 2 unspecified atom stereocenters. The summed E-state index contributed by atoms with van der Waals surface area (Å²) in [7, 11) is 0. The van der Waals surface area contributed by atoms with Gasteiger partial charge >= 0.3 is 18.0 Å². The number of benzene rings is 1. The molecule has 9 nitrogen and oxygen atoms in total. The van der Waals surface area contributed by atoms with Crippen LogP contribution in [-0.4, -0.2) is 53.6 Å². The highest BCUT2D eigenvalue weighted by Crippen LogP contribution is 2.13. The molecule has 214 valence electrons. The molecule has 0 bridgehead atoms. The summed E-state index contributed by atoms with van der Waals surface area (Å²) in [6.45, 7) is 15.5. The zero-order valence-corrected chi connectivity index (χ0v) is 24.4. The van der Waals surface area contributed by atoms with Gasteiger partial charge in [0, 0.05) is 13.0 Å². The van der Waals surface area contributed by atoms with Gasteiger partial charge in [-0.15, -0.1) is 0 Å². The van der Waals surface area contributed by atoms with Crippen LogP contribution >= 0.6 is 0 Å². The summed E-state index contributed by atoms with van der Waals surface area (Å²) in [5.41, 5.74) is 1.08. The van der Waals surface area contributed by atoms with Crippen molar-refractivity contribution in [3.63, 3.8) is 0 Å². The van der Waals surface area contributed by atoms with E-state index in [1.807, 2.05) is 0 Å². The number of amides is 2. The second-order valence-electron chi connectivity index (χ2n) is 11.7. The van der Waals surface area contributed by atoms with E-state index in [0.29, 0.717) is 12.8 Å². The molecule has 0 aliphatic heterocycles.